The van der Waals surface area contributed by atoms with Gasteiger partial charge in [0.05, 0.1) is 6.10 Å². The van der Waals surface area contributed by atoms with E-state index in [-0.39, 0.29) is 11.6 Å². The number of hydrogen-bond donors (Lipinski definition) is 3. The van der Waals surface area contributed by atoms with Crippen LogP contribution >= 0.6 is 0 Å². The summed E-state index contributed by atoms with van der Waals surface area (Å²) in [6.07, 6.45) is 3.30. The van der Waals surface area contributed by atoms with E-state index < -0.39 is 0 Å². The van der Waals surface area contributed by atoms with Crippen LogP contribution in [0.1, 0.15) is 40.0 Å². The van der Waals surface area contributed by atoms with Gasteiger partial charge >= 0.3 is 0 Å². The van der Waals surface area contributed by atoms with Gasteiger partial charge in [0.15, 0.2) is 0 Å². The van der Waals surface area contributed by atoms with E-state index in [4.69, 9.17) is 0 Å². The molecule has 0 aromatic rings. The van der Waals surface area contributed by atoms with Crippen LogP contribution in [-0.2, 0) is 0 Å². The van der Waals surface area contributed by atoms with Crippen LogP contribution in [0.25, 0.3) is 0 Å². The zero-order valence-corrected chi connectivity index (χ0v) is 10.3. The maximum Gasteiger partial charge on any atom is 0.0580 e. The van der Waals surface area contributed by atoms with Gasteiger partial charge in [0.2, 0.25) is 0 Å². The van der Waals surface area contributed by atoms with E-state index in [2.05, 4.69) is 31.4 Å². The molecule has 0 bridgehead atoms. The summed E-state index contributed by atoms with van der Waals surface area (Å²) in [5.74, 6) is 0.486. The minimum Gasteiger partial charge on any atom is -0.393 e. The van der Waals surface area contributed by atoms with Gasteiger partial charge in [0, 0.05) is 25.2 Å². The minimum atomic E-state index is -0.0620. The molecule has 3 N–H and O–H groups in total. The first-order chi connectivity index (χ1) is 6.99. The Hall–Kier alpha value is -0.120. The first-order valence-corrected chi connectivity index (χ1v) is 6.13. The highest BCUT2D eigenvalue weighted by Gasteiger charge is 2.24. The highest BCUT2D eigenvalue weighted by molar-refractivity contribution is 4.78. The zero-order valence-electron chi connectivity index (χ0n) is 10.3. The van der Waals surface area contributed by atoms with E-state index in [1.165, 1.54) is 12.8 Å². The molecular weight excluding hydrogens is 188 g/mol. The Balaban J connectivity index is 1.97. The van der Waals surface area contributed by atoms with E-state index in [1.54, 1.807) is 0 Å². The van der Waals surface area contributed by atoms with Gasteiger partial charge in [-0.3, -0.25) is 0 Å². The third kappa shape index (κ3) is 5.50. The Morgan fingerprint density at radius 3 is 2.47 bits per heavy atom. The summed E-state index contributed by atoms with van der Waals surface area (Å²) in [6, 6.07) is 0. The molecular formula is C12H26N2O. The average Bonchev–Trinajstić information content (AvgIpc) is 2.49. The van der Waals surface area contributed by atoms with Crippen LogP contribution in [0.15, 0.2) is 0 Å². The summed E-state index contributed by atoms with van der Waals surface area (Å²) >= 11 is 0. The number of rotatable bonds is 5. The number of aliphatic hydroxyl groups excluding tert-OH is 1. The van der Waals surface area contributed by atoms with Crippen LogP contribution in [0.3, 0.4) is 0 Å². The van der Waals surface area contributed by atoms with Gasteiger partial charge in [-0.1, -0.05) is 6.42 Å². The molecule has 0 aromatic carbocycles. The maximum atomic E-state index is 9.62. The van der Waals surface area contributed by atoms with Crippen LogP contribution in [0.5, 0.6) is 0 Å². The standard InChI is InChI=1S/C12H26N2O/c1-12(2,3)14-8-7-13-9-10-5-4-6-11(10)15/h10-11,13-15H,4-9H2,1-3H3. The molecule has 1 aliphatic rings. The molecule has 0 heterocycles. The number of nitrogens with one attached hydrogen (secondary N) is 2. The molecule has 90 valence electrons. The van der Waals surface area contributed by atoms with Crippen molar-refractivity contribution in [2.45, 2.75) is 51.7 Å². The molecule has 1 aliphatic carbocycles. The van der Waals surface area contributed by atoms with Crippen LogP contribution in [0, 0.1) is 5.92 Å². The molecule has 0 radical (unpaired) electrons. The van der Waals surface area contributed by atoms with Crippen molar-refractivity contribution in [3.63, 3.8) is 0 Å². The van der Waals surface area contributed by atoms with Crippen molar-refractivity contribution in [1.82, 2.24) is 10.6 Å². The smallest absolute Gasteiger partial charge is 0.0580 e. The summed E-state index contributed by atoms with van der Waals surface area (Å²) in [5.41, 5.74) is 0.203. The number of aliphatic hydroxyl groups is 1. The molecule has 2 unspecified atom stereocenters. The highest BCUT2D eigenvalue weighted by Crippen LogP contribution is 2.24. The van der Waals surface area contributed by atoms with Gasteiger partial charge < -0.3 is 15.7 Å². The fraction of sp³-hybridized carbons (Fsp3) is 1.00. The first-order valence-electron chi connectivity index (χ1n) is 6.13. The molecule has 0 spiro atoms. The lowest BCUT2D eigenvalue weighted by molar-refractivity contribution is 0.131. The van der Waals surface area contributed by atoms with E-state index in [0.717, 1.165) is 26.1 Å². The molecule has 0 aromatic heterocycles. The molecule has 2 atom stereocenters. The van der Waals surface area contributed by atoms with Crippen molar-refractivity contribution < 1.29 is 5.11 Å². The largest absolute Gasteiger partial charge is 0.393 e. The second-order valence-electron chi connectivity index (χ2n) is 5.64. The normalized spacial score (nSPS) is 27.2. The Morgan fingerprint density at radius 1 is 1.20 bits per heavy atom. The molecule has 0 amide bonds. The van der Waals surface area contributed by atoms with Crippen molar-refractivity contribution in [3.8, 4) is 0 Å². The second kappa shape index (κ2) is 5.83. The lowest BCUT2D eigenvalue weighted by atomic mass is 10.1. The fourth-order valence-electron chi connectivity index (χ4n) is 2.07. The molecule has 1 fully saturated rings. The summed E-state index contributed by atoms with van der Waals surface area (Å²) in [6.45, 7) is 9.47. The summed E-state index contributed by atoms with van der Waals surface area (Å²) < 4.78 is 0. The van der Waals surface area contributed by atoms with Gasteiger partial charge in [0.25, 0.3) is 0 Å². The van der Waals surface area contributed by atoms with E-state index in [1.807, 2.05) is 0 Å². The molecule has 1 saturated carbocycles. The van der Waals surface area contributed by atoms with Crippen molar-refractivity contribution in [2.75, 3.05) is 19.6 Å². The Kier molecular flexibility index (Phi) is 5.03. The van der Waals surface area contributed by atoms with E-state index >= 15 is 0 Å². The summed E-state index contributed by atoms with van der Waals surface area (Å²) in [5, 5.41) is 16.5. The lowest BCUT2D eigenvalue weighted by Gasteiger charge is -2.21. The fourth-order valence-corrected chi connectivity index (χ4v) is 2.07. The summed E-state index contributed by atoms with van der Waals surface area (Å²) in [7, 11) is 0. The van der Waals surface area contributed by atoms with Gasteiger partial charge in [0.1, 0.15) is 0 Å². The Bertz CT molecular complexity index is 177. The van der Waals surface area contributed by atoms with Gasteiger partial charge in [-0.2, -0.15) is 0 Å². The summed E-state index contributed by atoms with van der Waals surface area (Å²) in [4.78, 5) is 0. The van der Waals surface area contributed by atoms with Crippen molar-refractivity contribution in [2.24, 2.45) is 5.92 Å². The predicted molar refractivity (Wildman–Crippen MR) is 64.0 cm³/mol. The monoisotopic (exact) mass is 214 g/mol. The van der Waals surface area contributed by atoms with Gasteiger partial charge in [-0.05, 0) is 39.5 Å². The van der Waals surface area contributed by atoms with Crippen molar-refractivity contribution in [1.29, 1.82) is 0 Å². The van der Waals surface area contributed by atoms with E-state index in [0.29, 0.717) is 5.92 Å². The minimum absolute atomic E-state index is 0.0620. The SMILES string of the molecule is CC(C)(C)NCCNCC1CCCC1O. The van der Waals surface area contributed by atoms with Crippen molar-refractivity contribution in [3.05, 3.63) is 0 Å². The highest BCUT2D eigenvalue weighted by atomic mass is 16.3. The quantitative estimate of drug-likeness (QED) is 0.601. The lowest BCUT2D eigenvalue weighted by Crippen LogP contribution is -2.41. The van der Waals surface area contributed by atoms with Crippen molar-refractivity contribution >= 4 is 0 Å². The van der Waals surface area contributed by atoms with Crippen LogP contribution in [0.2, 0.25) is 0 Å². The zero-order chi connectivity index (χ0) is 11.3. The first kappa shape index (κ1) is 12.9. The second-order valence-corrected chi connectivity index (χ2v) is 5.64. The van der Waals surface area contributed by atoms with Gasteiger partial charge in [-0.15, -0.1) is 0 Å². The molecule has 15 heavy (non-hydrogen) atoms. The third-order valence-corrected chi connectivity index (χ3v) is 2.98. The van der Waals surface area contributed by atoms with Crippen LogP contribution < -0.4 is 10.6 Å². The average molecular weight is 214 g/mol. The Labute approximate surface area is 93.6 Å². The molecule has 1 rings (SSSR count). The molecule has 3 heteroatoms. The molecule has 3 nitrogen and oxygen atoms in total. The van der Waals surface area contributed by atoms with E-state index in [9.17, 15) is 5.11 Å². The van der Waals surface area contributed by atoms with Gasteiger partial charge in [-0.25, -0.2) is 0 Å². The Morgan fingerprint density at radius 2 is 1.93 bits per heavy atom. The molecule has 0 saturated heterocycles. The third-order valence-electron chi connectivity index (χ3n) is 2.98. The van der Waals surface area contributed by atoms with Crippen LogP contribution in [-0.4, -0.2) is 36.4 Å². The maximum absolute atomic E-state index is 9.62. The topological polar surface area (TPSA) is 44.3 Å². The predicted octanol–water partition coefficient (Wildman–Crippen LogP) is 1.13. The number of hydrogen-bond acceptors (Lipinski definition) is 3. The van der Waals surface area contributed by atoms with Crippen LogP contribution in [0.4, 0.5) is 0 Å². The molecule has 0 aliphatic heterocycles.